The van der Waals surface area contributed by atoms with Crippen molar-refractivity contribution in [3.63, 3.8) is 0 Å². The van der Waals surface area contributed by atoms with Gasteiger partial charge in [0.05, 0.1) is 0 Å². The molecule has 4 heteroatoms. The highest BCUT2D eigenvalue weighted by Crippen LogP contribution is 2.35. The van der Waals surface area contributed by atoms with E-state index in [-0.39, 0.29) is 11.8 Å². The van der Waals surface area contributed by atoms with Gasteiger partial charge in [-0.2, -0.15) is 0 Å². The van der Waals surface area contributed by atoms with Crippen molar-refractivity contribution in [2.24, 2.45) is 0 Å². The van der Waals surface area contributed by atoms with Gasteiger partial charge in [-0.15, -0.1) is 0 Å². The molecule has 0 bridgehead atoms. The van der Waals surface area contributed by atoms with Crippen molar-refractivity contribution in [1.82, 2.24) is 10.2 Å². The zero-order valence-corrected chi connectivity index (χ0v) is 15.6. The van der Waals surface area contributed by atoms with Gasteiger partial charge >= 0.3 is 0 Å². The van der Waals surface area contributed by atoms with Gasteiger partial charge in [0.2, 0.25) is 5.91 Å². The Balaban J connectivity index is 1.28. The molecule has 0 saturated carbocycles. The second-order valence-electron chi connectivity index (χ2n) is 7.61. The Bertz CT molecular complexity index is 823. The van der Waals surface area contributed by atoms with E-state index in [4.69, 9.17) is 0 Å². The van der Waals surface area contributed by atoms with E-state index in [9.17, 15) is 9.59 Å². The van der Waals surface area contributed by atoms with Gasteiger partial charge in [-0.3, -0.25) is 9.59 Å². The summed E-state index contributed by atoms with van der Waals surface area (Å²) in [6, 6.07) is 16.1. The second-order valence-corrected chi connectivity index (χ2v) is 7.61. The molecule has 2 aromatic carbocycles. The summed E-state index contributed by atoms with van der Waals surface area (Å²) in [7, 11) is 0. The highest BCUT2D eigenvalue weighted by atomic mass is 16.2. The molecular formula is C23H26N2O2. The molecule has 4 rings (SSSR count). The predicted octanol–water partition coefficient (Wildman–Crippen LogP) is 3.66. The third kappa shape index (κ3) is 4.05. The molecule has 1 atom stereocenters. The Labute approximate surface area is 160 Å². The summed E-state index contributed by atoms with van der Waals surface area (Å²) in [5, 5.41) is 3.03. The van der Waals surface area contributed by atoms with Crippen LogP contribution in [-0.2, 0) is 17.8 Å². The number of carbonyl (C=O) groups excluding carboxylic acids is 2. The molecule has 1 unspecified atom stereocenters. The van der Waals surface area contributed by atoms with Gasteiger partial charge in [0.1, 0.15) is 0 Å². The largest absolute Gasteiger partial charge is 0.352 e. The number of rotatable bonds is 5. The molecule has 2 aromatic rings. The van der Waals surface area contributed by atoms with Crippen molar-refractivity contribution in [1.29, 1.82) is 0 Å². The molecule has 1 fully saturated rings. The maximum absolute atomic E-state index is 12.4. The molecule has 2 aliphatic rings. The minimum absolute atomic E-state index is 0.0916. The molecule has 4 nitrogen and oxygen atoms in total. The number of aryl methyl sites for hydroxylation is 1. The molecule has 1 heterocycles. The summed E-state index contributed by atoms with van der Waals surface area (Å²) in [4.78, 5) is 26.6. The Morgan fingerprint density at radius 3 is 2.52 bits per heavy atom. The van der Waals surface area contributed by atoms with Crippen molar-refractivity contribution >= 4 is 11.8 Å². The number of hydrogen-bond donors (Lipinski definition) is 1. The lowest BCUT2D eigenvalue weighted by atomic mass is 9.97. The SMILES string of the molecule is O=C(CC1CCc2ccccc21)NCc1ccc(C(=O)N2CCCC2)cc1. The molecule has 1 aliphatic carbocycles. The molecule has 1 N–H and O–H groups in total. The Morgan fingerprint density at radius 2 is 1.74 bits per heavy atom. The van der Waals surface area contributed by atoms with Crippen molar-refractivity contribution in [2.75, 3.05) is 13.1 Å². The first-order valence-electron chi connectivity index (χ1n) is 9.93. The normalized spacial score (nSPS) is 18.4. The first-order chi connectivity index (χ1) is 13.2. The number of amides is 2. The van der Waals surface area contributed by atoms with Gasteiger partial charge in [0, 0.05) is 31.6 Å². The number of likely N-dealkylation sites (tertiary alicyclic amines) is 1. The number of benzene rings is 2. The van der Waals surface area contributed by atoms with Crippen LogP contribution in [0.1, 0.15) is 58.6 Å². The quantitative estimate of drug-likeness (QED) is 0.882. The van der Waals surface area contributed by atoms with Gasteiger partial charge in [-0.05, 0) is 60.4 Å². The number of nitrogens with zero attached hydrogens (tertiary/aromatic N) is 1. The van der Waals surface area contributed by atoms with Crippen LogP contribution >= 0.6 is 0 Å². The van der Waals surface area contributed by atoms with Crippen LogP contribution in [0.3, 0.4) is 0 Å². The molecule has 0 radical (unpaired) electrons. The third-order valence-electron chi connectivity index (χ3n) is 5.77. The van der Waals surface area contributed by atoms with Crippen LogP contribution in [0.2, 0.25) is 0 Å². The fourth-order valence-corrected chi connectivity index (χ4v) is 4.22. The van der Waals surface area contributed by atoms with Crippen LogP contribution in [0.4, 0.5) is 0 Å². The van der Waals surface area contributed by atoms with Crippen LogP contribution in [0.15, 0.2) is 48.5 Å². The summed E-state index contributed by atoms with van der Waals surface area (Å²) >= 11 is 0. The summed E-state index contributed by atoms with van der Waals surface area (Å²) in [5.41, 5.74) is 4.47. The lowest BCUT2D eigenvalue weighted by molar-refractivity contribution is -0.121. The van der Waals surface area contributed by atoms with Crippen molar-refractivity contribution < 1.29 is 9.59 Å². The van der Waals surface area contributed by atoms with Crippen LogP contribution < -0.4 is 5.32 Å². The maximum Gasteiger partial charge on any atom is 0.253 e. The highest BCUT2D eigenvalue weighted by Gasteiger charge is 2.24. The van der Waals surface area contributed by atoms with Gasteiger partial charge in [-0.25, -0.2) is 0 Å². The maximum atomic E-state index is 12.4. The smallest absolute Gasteiger partial charge is 0.253 e. The van der Waals surface area contributed by atoms with E-state index in [0.29, 0.717) is 18.9 Å². The van der Waals surface area contributed by atoms with Crippen molar-refractivity contribution in [3.8, 4) is 0 Å². The van der Waals surface area contributed by atoms with Gasteiger partial charge in [0.15, 0.2) is 0 Å². The molecule has 2 amide bonds. The van der Waals surface area contributed by atoms with Crippen LogP contribution in [0.25, 0.3) is 0 Å². The predicted molar refractivity (Wildman–Crippen MR) is 106 cm³/mol. The van der Waals surface area contributed by atoms with E-state index in [2.05, 4.69) is 29.6 Å². The van der Waals surface area contributed by atoms with Gasteiger partial charge < -0.3 is 10.2 Å². The number of nitrogens with one attached hydrogen (secondary N) is 1. The summed E-state index contributed by atoms with van der Waals surface area (Å²) < 4.78 is 0. The van der Waals surface area contributed by atoms with E-state index >= 15 is 0 Å². The monoisotopic (exact) mass is 362 g/mol. The summed E-state index contributed by atoms with van der Waals surface area (Å²) in [5.74, 6) is 0.540. The molecule has 27 heavy (non-hydrogen) atoms. The Morgan fingerprint density at radius 1 is 1.00 bits per heavy atom. The van der Waals surface area contributed by atoms with Gasteiger partial charge in [0.25, 0.3) is 5.91 Å². The first kappa shape index (κ1) is 17.8. The Kier molecular flexibility index (Phi) is 5.23. The lowest BCUT2D eigenvalue weighted by Crippen LogP contribution is -2.27. The van der Waals surface area contributed by atoms with Crippen LogP contribution in [0, 0.1) is 0 Å². The average molecular weight is 362 g/mol. The second kappa shape index (κ2) is 7.95. The number of fused-ring (bicyclic) bond motifs is 1. The molecule has 1 aliphatic heterocycles. The number of carbonyl (C=O) groups is 2. The van der Waals surface area contributed by atoms with E-state index in [0.717, 1.165) is 49.9 Å². The van der Waals surface area contributed by atoms with Crippen LogP contribution in [0.5, 0.6) is 0 Å². The minimum Gasteiger partial charge on any atom is -0.352 e. The molecule has 0 spiro atoms. The zero-order valence-electron chi connectivity index (χ0n) is 15.6. The van der Waals surface area contributed by atoms with Crippen molar-refractivity contribution in [2.45, 2.75) is 44.6 Å². The molecular weight excluding hydrogens is 336 g/mol. The van der Waals surface area contributed by atoms with E-state index in [1.54, 1.807) is 0 Å². The van der Waals surface area contributed by atoms with Crippen molar-refractivity contribution in [3.05, 3.63) is 70.8 Å². The van der Waals surface area contributed by atoms with E-state index in [1.807, 2.05) is 29.2 Å². The van der Waals surface area contributed by atoms with E-state index in [1.165, 1.54) is 11.1 Å². The van der Waals surface area contributed by atoms with Gasteiger partial charge in [-0.1, -0.05) is 36.4 Å². The third-order valence-corrected chi connectivity index (χ3v) is 5.77. The average Bonchev–Trinajstić information content (AvgIpc) is 3.37. The van der Waals surface area contributed by atoms with E-state index < -0.39 is 0 Å². The fraction of sp³-hybridized carbons (Fsp3) is 0.391. The molecule has 1 saturated heterocycles. The summed E-state index contributed by atoms with van der Waals surface area (Å²) in [6.45, 7) is 2.23. The highest BCUT2D eigenvalue weighted by molar-refractivity contribution is 5.94. The first-order valence-corrected chi connectivity index (χ1v) is 9.93. The van der Waals surface area contributed by atoms with Crippen LogP contribution in [-0.4, -0.2) is 29.8 Å². The molecule has 0 aromatic heterocycles. The Hall–Kier alpha value is -2.62. The minimum atomic E-state index is 0.0916. The lowest BCUT2D eigenvalue weighted by Gasteiger charge is -2.15. The zero-order chi connectivity index (χ0) is 18.6. The molecule has 140 valence electrons. The summed E-state index contributed by atoms with van der Waals surface area (Å²) in [6.07, 6.45) is 4.87. The topological polar surface area (TPSA) is 49.4 Å². The fourth-order valence-electron chi connectivity index (χ4n) is 4.22. The number of hydrogen-bond acceptors (Lipinski definition) is 2. The standard InChI is InChI=1S/C23H26N2O2/c26-22(15-20-12-11-18-5-1-2-6-21(18)20)24-16-17-7-9-19(10-8-17)23(27)25-13-3-4-14-25/h1-2,5-10,20H,3-4,11-16H2,(H,24,26).